The fourth-order valence-corrected chi connectivity index (χ4v) is 3.59. The molecule has 0 radical (unpaired) electrons. The minimum atomic E-state index is -0.209. The van der Waals surface area contributed by atoms with Gasteiger partial charge in [0.25, 0.3) is 0 Å². The second kappa shape index (κ2) is 6.63. The highest BCUT2D eigenvalue weighted by molar-refractivity contribution is 5.89. The first kappa shape index (κ1) is 15.8. The van der Waals surface area contributed by atoms with E-state index in [2.05, 4.69) is 12.1 Å². The van der Waals surface area contributed by atoms with E-state index in [9.17, 15) is 4.79 Å². The Bertz CT molecular complexity index is 783. The van der Waals surface area contributed by atoms with Crippen LogP contribution in [0.5, 0.6) is 11.5 Å². The SMILES string of the molecule is CCOC(=O)N1CCC(=C2c3ccccc3Oc3ccccc32)CC1. The van der Waals surface area contributed by atoms with Gasteiger partial charge >= 0.3 is 6.09 Å². The average Bonchev–Trinajstić information content (AvgIpc) is 2.66. The summed E-state index contributed by atoms with van der Waals surface area (Å²) in [6.45, 7) is 3.65. The molecule has 2 aliphatic heterocycles. The molecule has 0 aromatic heterocycles. The Labute approximate surface area is 147 Å². The molecule has 1 saturated heterocycles. The van der Waals surface area contributed by atoms with E-state index >= 15 is 0 Å². The van der Waals surface area contributed by atoms with Crippen LogP contribution < -0.4 is 4.74 Å². The zero-order chi connectivity index (χ0) is 17.2. The lowest BCUT2D eigenvalue weighted by Crippen LogP contribution is -2.37. The molecule has 0 aliphatic carbocycles. The summed E-state index contributed by atoms with van der Waals surface area (Å²) in [7, 11) is 0. The van der Waals surface area contributed by atoms with Crippen LogP contribution in [0.2, 0.25) is 0 Å². The highest BCUT2D eigenvalue weighted by Gasteiger charge is 2.27. The molecule has 0 unspecified atom stereocenters. The molecule has 2 aliphatic rings. The van der Waals surface area contributed by atoms with Crippen molar-refractivity contribution in [2.45, 2.75) is 19.8 Å². The third-order valence-corrected chi connectivity index (χ3v) is 4.78. The van der Waals surface area contributed by atoms with Gasteiger partial charge in [0.05, 0.1) is 6.61 Å². The van der Waals surface area contributed by atoms with Crippen molar-refractivity contribution in [3.63, 3.8) is 0 Å². The van der Waals surface area contributed by atoms with Gasteiger partial charge in [-0.25, -0.2) is 4.79 Å². The number of hydrogen-bond donors (Lipinski definition) is 0. The van der Waals surface area contributed by atoms with Gasteiger partial charge in [-0.3, -0.25) is 0 Å². The Balaban J connectivity index is 1.71. The van der Waals surface area contributed by atoms with Gasteiger partial charge in [-0.1, -0.05) is 42.0 Å². The average molecular weight is 335 g/mol. The second-order valence-electron chi connectivity index (χ2n) is 6.26. The van der Waals surface area contributed by atoms with Crippen LogP contribution in [0.15, 0.2) is 54.1 Å². The van der Waals surface area contributed by atoms with E-state index in [1.54, 1.807) is 4.90 Å². The normalized spacial score (nSPS) is 16.0. The predicted octanol–water partition coefficient (Wildman–Crippen LogP) is 4.85. The smallest absolute Gasteiger partial charge is 0.409 e. The minimum Gasteiger partial charge on any atom is -0.456 e. The van der Waals surface area contributed by atoms with Crippen molar-refractivity contribution in [2.75, 3.05) is 19.7 Å². The maximum atomic E-state index is 11.9. The standard InChI is InChI=1S/C21H21NO3/c1-2-24-21(23)22-13-11-15(12-14-22)20-16-7-3-5-9-18(16)25-19-10-6-4-8-17(19)20/h3-10H,2,11-14H2,1H3. The molecule has 4 heteroatoms. The Kier molecular flexibility index (Phi) is 4.18. The van der Waals surface area contributed by atoms with Crippen molar-refractivity contribution < 1.29 is 14.3 Å². The van der Waals surface area contributed by atoms with Crippen LogP contribution in [0.1, 0.15) is 30.9 Å². The number of piperidine rings is 1. The van der Waals surface area contributed by atoms with E-state index < -0.39 is 0 Å². The summed E-state index contributed by atoms with van der Waals surface area (Å²) in [5.74, 6) is 1.80. The van der Waals surface area contributed by atoms with Crippen molar-refractivity contribution in [3.8, 4) is 11.5 Å². The van der Waals surface area contributed by atoms with Gasteiger partial charge in [-0.15, -0.1) is 0 Å². The Morgan fingerprint density at radius 1 is 1.00 bits per heavy atom. The van der Waals surface area contributed by atoms with Crippen LogP contribution in [0.3, 0.4) is 0 Å². The van der Waals surface area contributed by atoms with E-state index in [1.807, 2.05) is 43.3 Å². The minimum absolute atomic E-state index is 0.209. The van der Waals surface area contributed by atoms with Crippen molar-refractivity contribution in [1.29, 1.82) is 0 Å². The summed E-state index contributed by atoms with van der Waals surface area (Å²) in [6, 6.07) is 16.3. The zero-order valence-electron chi connectivity index (χ0n) is 14.3. The number of amides is 1. The first-order chi connectivity index (χ1) is 12.3. The van der Waals surface area contributed by atoms with Crippen LogP contribution in [0.4, 0.5) is 4.79 Å². The monoisotopic (exact) mass is 335 g/mol. The topological polar surface area (TPSA) is 38.8 Å². The molecule has 4 nitrogen and oxygen atoms in total. The van der Waals surface area contributed by atoms with Crippen LogP contribution in [-0.4, -0.2) is 30.7 Å². The predicted molar refractivity (Wildman–Crippen MR) is 96.8 cm³/mol. The van der Waals surface area contributed by atoms with Gasteiger partial charge in [0.1, 0.15) is 11.5 Å². The lowest BCUT2D eigenvalue weighted by Gasteiger charge is -2.31. The highest BCUT2D eigenvalue weighted by Crippen LogP contribution is 2.46. The maximum absolute atomic E-state index is 11.9. The molecule has 0 atom stereocenters. The number of carbonyl (C=O) groups is 1. The number of carbonyl (C=O) groups excluding carboxylic acids is 1. The summed E-state index contributed by atoms with van der Waals surface area (Å²) in [4.78, 5) is 13.7. The summed E-state index contributed by atoms with van der Waals surface area (Å²) in [5, 5.41) is 0. The van der Waals surface area contributed by atoms with Gasteiger partial charge < -0.3 is 14.4 Å². The largest absolute Gasteiger partial charge is 0.456 e. The molecule has 0 N–H and O–H groups in total. The number of para-hydroxylation sites is 2. The van der Waals surface area contributed by atoms with Crippen LogP contribution in [-0.2, 0) is 4.74 Å². The van der Waals surface area contributed by atoms with Gasteiger partial charge in [-0.05, 0) is 37.5 Å². The number of likely N-dealkylation sites (tertiary alicyclic amines) is 1. The van der Waals surface area contributed by atoms with E-state index in [0.29, 0.717) is 19.7 Å². The van der Waals surface area contributed by atoms with Crippen molar-refractivity contribution >= 4 is 11.7 Å². The summed E-state index contributed by atoms with van der Waals surface area (Å²) in [6.07, 6.45) is 1.51. The molecule has 4 rings (SSSR count). The lowest BCUT2D eigenvalue weighted by molar-refractivity contribution is 0.104. The molecular formula is C21H21NO3. The molecule has 2 aromatic carbocycles. The molecule has 0 saturated carbocycles. The Morgan fingerprint density at radius 3 is 2.12 bits per heavy atom. The molecule has 0 spiro atoms. The summed E-state index contributed by atoms with van der Waals surface area (Å²) in [5.41, 5.74) is 4.92. The highest BCUT2D eigenvalue weighted by atomic mass is 16.6. The summed E-state index contributed by atoms with van der Waals surface area (Å²) < 4.78 is 11.2. The number of rotatable bonds is 1. The van der Waals surface area contributed by atoms with Gasteiger partial charge in [0.15, 0.2) is 0 Å². The first-order valence-corrected chi connectivity index (χ1v) is 8.78. The molecule has 2 heterocycles. The first-order valence-electron chi connectivity index (χ1n) is 8.78. The lowest BCUT2D eigenvalue weighted by atomic mass is 9.86. The number of hydrogen-bond acceptors (Lipinski definition) is 3. The molecule has 2 aromatic rings. The quantitative estimate of drug-likeness (QED) is 0.638. The maximum Gasteiger partial charge on any atom is 0.409 e. The fraction of sp³-hybridized carbons (Fsp3) is 0.286. The van der Waals surface area contributed by atoms with Crippen molar-refractivity contribution in [2.24, 2.45) is 0 Å². The van der Waals surface area contributed by atoms with Gasteiger partial charge in [-0.2, -0.15) is 0 Å². The second-order valence-corrected chi connectivity index (χ2v) is 6.26. The Morgan fingerprint density at radius 2 is 1.56 bits per heavy atom. The third-order valence-electron chi connectivity index (χ3n) is 4.78. The van der Waals surface area contributed by atoms with E-state index in [-0.39, 0.29) is 6.09 Å². The molecule has 128 valence electrons. The number of ether oxygens (including phenoxy) is 2. The van der Waals surface area contributed by atoms with E-state index in [1.165, 1.54) is 11.1 Å². The van der Waals surface area contributed by atoms with Crippen LogP contribution in [0.25, 0.3) is 5.57 Å². The molecule has 0 bridgehead atoms. The van der Waals surface area contributed by atoms with Crippen LogP contribution >= 0.6 is 0 Å². The van der Waals surface area contributed by atoms with Crippen molar-refractivity contribution in [1.82, 2.24) is 4.90 Å². The third kappa shape index (κ3) is 2.88. The molecule has 1 fully saturated rings. The van der Waals surface area contributed by atoms with E-state index in [4.69, 9.17) is 9.47 Å². The number of nitrogens with zero attached hydrogens (tertiary/aromatic N) is 1. The zero-order valence-corrected chi connectivity index (χ0v) is 14.3. The fourth-order valence-electron chi connectivity index (χ4n) is 3.59. The molecular weight excluding hydrogens is 314 g/mol. The van der Waals surface area contributed by atoms with Crippen molar-refractivity contribution in [3.05, 3.63) is 65.2 Å². The molecule has 25 heavy (non-hydrogen) atoms. The Hall–Kier alpha value is -2.75. The number of fused-ring (bicyclic) bond motifs is 2. The summed E-state index contributed by atoms with van der Waals surface area (Å²) >= 11 is 0. The molecule has 1 amide bonds. The van der Waals surface area contributed by atoms with Gasteiger partial charge in [0, 0.05) is 24.2 Å². The van der Waals surface area contributed by atoms with Gasteiger partial charge in [0.2, 0.25) is 0 Å². The number of benzene rings is 2. The van der Waals surface area contributed by atoms with E-state index in [0.717, 1.165) is 35.5 Å². The van der Waals surface area contributed by atoms with Crippen LogP contribution in [0, 0.1) is 0 Å².